The van der Waals surface area contributed by atoms with Gasteiger partial charge in [-0.2, -0.15) is 4.72 Å². The van der Waals surface area contributed by atoms with Crippen molar-refractivity contribution in [2.45, 2.75) is 76.3 Å². The molecule has 0 radical (unpaired) electrons. The Labute approximate surface area is 204 Å². The predicted octanol–water partition coefficient (Wildman–Crippen LogP) is 3.05. The zero-order valence-corrected chi connectivity index (χ0v) is 20.9. The van der Waals surface area contributed by atoms with Crippen molar-refractivity contribution in [2.75, 3.05) is 0 Å². The maximum atomic E-state index is 13.4. The van der Waals surface area contributed by atoms with Gasteiger partial charge < -0.3 is 14.8 Å². The highest BCUT2D eigenvalue weighted by molar-refractivity contribution is 7.90. The minimum Gasteiger partial charge on any atom is -0.593 e. The van der Waals surface area contributed by atoms with Gasteiger partial charge in [0, 0.05) is 23.2 Å². The summed E-state index contributed by atoms with van der Waals surface area (Å²) in [4.78, 5) is 25.4. The Morgan fingerprint density at radius 1 is 1.26 bits per heavy atom. The molecule has 3 saturated carbocycles. The van der Waals surface area contributed by atoms with Crippen LogP contribution in [-0.2, 0) is 21.0 Å². The number of carbonyl (C=O) groups excluding carboxylic acids is 2. The van der Waals surface area contributed by atoms with E-state index in [-0.39, 0.29) is 34.2 Å². The van der Waals surface area contributed by atoms with E-state index in [4.69, 9.17) is 0 Å². The van der Waals surface area contributed by atoms with Crippen molar-refractivity contribution >= 4 is 23.1 Å². The number of rotatable bonds is 3. The Morgan fingerprint density at radius 3 is 2.74 bits per heavy atom. The normalized spacial score (nSPS) is 46.1. The summed E-state index contributed by atoms with van der Waals surface area (Å²) in [5, 5.41) is 22.9. The fourth-order valence-electron chi connectivity index (χ4n) is 7.82. The molecule has 7 unspecified atom stereocenters. The average molecular weight is 486 g/mol. The van der Waals surface area contributed by atoms with Crippen LogP contribution < -0.4 is 4.72 Å². The lowest BCUT2D eigenvalue weighted by Gasteiger charge is -2.59. The van der Waals surface area contributed by atoms with Crippen LogP contribution in [0, 0.1) is 28.6 Å². The van der Waals surface area contributed by atoms with Crippen LogP contribution >= 0.6 is 0 Å². The molecule has 5 rings (SSSR count). The first-order chi connectivity index (χ1) is 16.0. The molecule has 34 heavy (non-hydrogen) atoms. The highest BCUT2D eigenvalue weighted by Crippen LogP contribution is 2.67. The number of hydrogen-bond acceptors (Lipinski definition) is 5. The molecule has 3 N–H and O–H groups in total. The van der Waals surface area contributed by atoms with Crippen LogP contribution in [0.15, 0.2) is 47.6 Å². The summed E-state index contributed by atoms with van der Waals surface area (Å²) in [7, 11) is 0. The molecular weight excluding hydrogens is 450 g/mol. The van der Waals surface area contributed by atoms with Gasteiger partial charge in [0.25, 0.3) is 5.91 Å². The number of aliphatic hydroxyl groups is 2. The number of allylic oxidation sites excluding steroid dienone is 7. The second-order valence-electron chi connectivity index (χ2n) is 11.4. The zero-order chi connectivity index (χ0) is 24.5. The van der Waals surface area contributed by atoms with E-state index in [9.17, 15) is 24.4 Å². The van der Waals surface area contributed by atoms with Gasteiger partial charge in [-0.25, -0.2) is 0 Å². The standard InChI is InChI=1S/C27H35NO5S/c1-16-4-7-19(8-5-16)34(33)28-24(31)27(32)13-11-21-20-9-6-17-14-18(29)10-12-25(17,2)23(20)22(30)15-26(21,27)3/h4-5,7,10,12,14,19-23,30,32H,6,8-9,11,13,15H2,1-3H3,(H,28,31)/t19?,20?,21?,22-,23?,25?,26?,27-,34?/m0/s1. The second kappa shape index (κ2) is 8.19. The lowest BCUT2D eigenvalue weighted by molar-refractivity contribution is -0.177. The quantitative estimate of drug-likeness (QED) is 0.532. The molecule has 184 valence electrons. The maximum absolute atomic E-state index is 13.4. The van der Waals surface area contributed by atoms with Crippen molar-refractivity contribution in [3.63, 3.8) is 0 Å². The summed E-state index contributed by atoms with van der Waals surface area (Å²) in [6.07, 6.45) is 13.8. The van der Waals surface area contributed by atoms with Crippen LogP contribution in [0.25, 0.3) is 0 Å². The lowest BCUT2D eigenvalue weighted by atomic mass is 9.46. The van der Waals surface area contributed by atoms with Crippen molar-refractivity contribution in [3.05, 3.63) is 47.6 Å². The lowest BCUT2D eigenvalue weighted by Crippen LogP contribution is -2.63. The SMILES string of the molecule is CC1=CCC([S+]([O-])NC(=O)[C@@]2(O)CCC3C4CCC5=CC(=O)C=CC5(C)C4[C@@H](O)CC32C)C=C1. The van der Waals surface area contributed by atoms with Gasteiger partial charge in [-0.3, -0.25) is 9.59 Å². The van der Waals surface area contributed by atoms with Gasteiger partial charge in [-0.1, -0.05) is 43.2 Å². The zero-order valence-electron chi connectivity index (χ0n) is 20.1. The molecule has 5 aliphatic rings. The highest BCUT2D eigenvalue weighted by atomic mass is 32.2. The molecule has 0 aromatic carbocycles. The number of carbonyl (C=O) groups is 2. The van der Waals surface area contributed by atoms with Crippen LogP contribution in [0.2, 0.25) is 0 Å². The summed E-state index contributed by atoms with van der Waals surface area (Å²) >= 11 is -1.64. The molecule has 0 bridgehead atoms. The maximum Gasteiger partial charge on any atom is 0.293 e. The summed E-state index contributed by atoms with van der Waals surface area (Å²) in [5.74, 6) is -0.451. The first kappa shape index (κ1) is 24.0. The third-order valence-corrected chi connectivity index (χ3v) is 11.0. The number of amides is 1. The van der Waals surface area contributed by atoms with Crippen molar-refractivity contribution in [2.24, 2.45) is 28.6 Å². The minimum absolute atomic E-state index is 0.000521. The molecule has 0 aliphatic heterocycles. The van der Waals surface area contributed by atoms with Crippen molar-refractivity contribution in [1.29, 1.82) is 0 Å². The van der Waals surface area contributed by atoms with Gasteiger partial charge in [0.1, 0.15) is 0 Å². The fraction of sp³-hybridized carbons (Fsp3) is 0.630. The fourth-order valence-corrected chi connectivity index (χ4v) is 8.82. The largest absolute Gasteiger partial charge is 0.593 e. The van der Waals surface area contributed by atoms with Crippen LogP contribution in [0.1, 0.15) is 59.3 Å². The van der Waals surface area contributed by atoms with Gasteiger partial charge in [0.05, 0.1) is 17.5 Å². The third-order valence-electron chi connectivity index (χ3n) is 9.74. The smallest absolute Gasteiger partial charge is 0.293 e. The summed E-state index contributed by atoms with van der Waals surface area (Å²) in [6, 6.07) is 0. The van der Waals surface area contributed by atoms with Gasteiger partial charge in [-0.05, 0) is 69.1 Å². The van der Waals surface area contributed by atoms with E-state index < -0.39 is 34.4 Å². The molecular formula is C27H35NO5S. The molecule has 1 amide bonds. The van der Waals surface area contributed by atoms with E-state index in [1.165, 1.54) is 0 Å². The Balaban J connectivity index is 1.38. The number of nitrogens with one attached hydrogen (secondary N) is 1. The first-order valence-corrected chi connectivity index (χ1v) is 13.6. The van der Waals surface area contributed by atoms with Crippen molar-refractivity contribution in [3.8, 4) is 0 Å². The molecule has 0 saturated heterocycles. The van der Waals surface area contributed by atoms with Crippen LogP contribution in [0.3, 0.4) is 0 Å². The topological polar surface area (TPSA) is 110 Å². The number of hydrogen-bond donors (Lipinski definition) is 3. The van der Waals surface area contributed by atoms with Gasteiger partial charge in [0.2, 0.25) is 0 Å². The van der Waals surface area contributed by atoms with Crippen LogP contribution in [-0.4, -0.2) is 43.4 Å². The number of ketones is 1. The van der Waals surface area contributed by atoms with E-state index in [0.29, 0.717) is 25.7 Å². The van der Waals surface area contributed by atoms with Crippen molar-refractivity contribution < 1.29 is 24.4 Å². The summed E-state index contributed by atoms with van der Waals surface area (Å²) in [5.41, 5.74) is -0.701. The molecule has 7 heteroatoms. The molecule has 6 nitrogen and oxygen atoms in total. The van der Waals surface area contributed by atoms with E-state index in [2.05, 4.69) is 11.6 Å². The van der Waals surface area contributed by atoms with E-state index in [0.717, 1.165) is 24.0 Å². The monoisotopic (exact) mass is 485 g/mol. The Morgan fingerprint density at radius 2 is 2.03 bits per heavy atom. The molecule has 0 spiro atoms. The summed E-state index contributed by atoms with van der Waals surface area (Å²) < 4.78 is 15.5. The second-order valence-corrected chi connectivity index (χ2v) is 12.8. The Bertz CT molecular complexity index is 1030. The first-order valence-electron chi connectivity index (χ1n) is 12.4. The van der Waals surface area contributed by atoms with E-state index in [1.54, 1.807) is 12.2 Å². The highest BCUT2D eigenvalue weighted by Gasteiger charge is 2.68. The number of fused-ring (bicyclic) bond motifs is 5. The van der Waals surface area contributed by atoms with Crippen LogP contribution in [0.4, 0.5) is 0 Å². The Kier molecular flexibility index (Phi) is 5.79. The van der Waals surface area contributed by atoms with Crippen molar-refractivity contribution in [1.82, 2.24) is 4.72 Å². The van der Waals surface area contributed by atoms with Gasteiger partial charge in [0.15, 0.2) is 16.6 Å². The van der Waals surface area contributed by atoms with Gasteiger partial charge in [-0.15, -0.1) is 0 Å². The van der Waals surface area contributed by atoms with Crippen LogP contribution in [0.5, 0.6) is 0 Å². The molecule has 0 aromatic heterocycles. The Hall–Kier alpha value is -1.67. The summed E-state index contributed by atoms with van der Waals surface area (Å²) in [6.45, 7) is 6.01. The number of aliphatic hydroxyl groups excluding tert-OH is 1. The molecule has 3 fully saturated rings. The van der Waals surface area contributed by atoms with Gasteiger partial charge >= 0.3 is 0 Å². The molecule has 0 aromatic rings. The van der Waals surface area contributed by atoms with E-state index >= 15 is 0 Å². The van der Waals surface area contributed by atoms with E-state index in [1.807, 2.05) is 38.2 Å². The minimum atomic E-state index is -1.68. The molecule has 9 atom stereocenters. The molecule has 0 heterocycles. The molecule has 5 aliphatic carbocycles. The predicted molar refractivity (Wildman–Crippen MR) is 131 cm³/mol. The third kappa shape index (κ3) is 3.42. The average Bonchev–Trinajstić information content (AvgIpc) is 3.05.